The van der Waals surface area contributed by atoms with Gasteiger partial charge in [0.25, 0.3) is 5.91 Å². The number of halogens is 1. The second-order valence-corrected chi connectivity index (χ2v) is 11.3. The number of fused-ring (bicyclic) bond motifs is 1. The summed E-state index contributed by atoms with van der Waals surface area (Å²) in [6, 6.07) is 10.9. The van der Waals surface area contributed by atoms with Gasteiger partial charge in [-0.3, -0.25) is 9.78 Å². The Hall–Kier alpha value is -4.19. The van der Waals surface area contributed by atoms with Gasteiger partial charge in [-0.05, 0) is 81.5 Å². The highest BCUT2D eigenvalue weighted by molar-refractivity contribution is 6.35. The first-order valence-corrected chi connectivity index (χ1v) is 14.9. The number of hydroxylamine groups is 2. The average Bonchev–Trinajstić information content (AvgIpc) is 3.18. The molecule has 1 amide bonds. The van der Waals surface area contributed by atoms with Crippen molar-refractivity contribution in [2.45, 2.75) is 46.1 Å². The van der Waals surface area contributed by atoms with E-state index in [-0.39, 0.29) is 12.5 Å². The van der Waals surface area contributed by atoms with Crippen molar-refractivity contribution in [1.29, 1.82) is 0 Å². The minimum atomic E-state index is -1.03. The van der Waals surface area contributed by atoms with Crippen LogP contribution in [-0.2, 0) is 23.9 Å². The summed E-state index contributed by atoms with van der Waals surface area (Å²) >= 11 is 5.98. The van der Waals surface area contributed by atoms with Crippen LogP contribution in [0.5, 0.6) is 5.75 Å². The number of ether oxygens (including phenoxy) is 3. The highest BCUT2D eigenvalue weighted by Crippen LogP contribution is 2.47. The maximum atomic E-state index is 13.5. The number of carboxylic acid groups (broad SMARTS) is 1. The van der Waals surface area contributed by atoms with Crippen molar-refractivity contribution in [2.24, 2.45) is 0 Å². The Bertz CT molecular complexity index is 1610. The number of piperidine rings is 1. The summed E-state index contributed by atoms with van der Waals surface area (Å²) in [4.78, 5) is 47.4. The van der Waals surface area contributed by atoms with E-state index in [1.807, 2.05) is 38.0 Å². The molecule has 1 aromatic heterocycles. The molecule has 11 nitrogen and oxygen atoms in total. The average molecular weight is 640 g/mol. The monoisotopic (exact) mass is 639 g/mol. The minimum Gasteiger partial charge on any atom is -0.480 e. The topological polar surface area (TPSA) is 128 Å². The minimum absolute atomic E-state index is 0.134. The van der Waals surface area contributed by atoms with Crippen LogP contribution in [0.15, 0.2) is 48.4 Å². The third-order valence-electron chi connectivity index (χ3n) is 8.02. The van der Waals surface area contributed by atoms with Gasteiger partial charge in [-0.15, -0.1) is 0 Å². The SMILES string of the molecule is CCOC(=O)OC1=C(c2c(C)cc(C)cc2C)C(=O)N(C)C12CCN(OC)CC2.O=C(O)COc1ccc(Cl)c2cccnc12. The molecule has 1 spiro atoms. The van der Waals surface area contributed by atoms with Crippen molar-refractivity contribution >= 4 is 46.1 Å². The smallest absolute Gasteiger partial charge is 0.480 e. The molecule has 0 radical (unpaired) electrons. The number of aliphatic carboxylic acids is 1. The Kier molecular flexibility index (Phi) is 10.7. The van der Waals surface area contributed by atoms with E-state index in [2.05, 4.69) is 4.98 Å². The molecule has 2 aliphatic rings. The molecule has 3 heterocycles. The van der Waals surface area contributed by atoms with Gasteiger partial charge in [0, 0.05) is 31.7 Å². The molecule has 2 aliphatic heterocycles. The number of hydrogen-bond acceptors (Lipinski definition) is 9. The lowest BCUT2D eigenvalue weighted by molar-refractivity contribution is -0.162. The standard InChI is InChI=1S/C22H30N2O5.C11H8ClNO3/c1-7-28-21(26)29-19-18(17-15(3)12-14(2)13-16(17)4)20(25)23(5)22(19)8-10-24(27-6)11-9-22;12-8-3-4-9(16-6-10(14)15)11-7(8)2-1-5-13-11/h12-13H,7-11H2,1-6H3;1-5H,6H2,(H,14,15). The molecule has 0 aliphatic carbocycles. The molecule has 240 valence electrons. The number of carbonyl (C=O) groups is 3. The van der Waals surface area contributed by atoms with E-state index in [0.29, 0.717) is 53.6 Å². The predicted molar refractivity (Wildman–Crippen MR) is 169 cm³/mol. The lowest BCUT2D eigenvalue weighted by atomic mass is 9.84. The number of pyridine rings is 1. The van der Waals surface area contributed by atoms with Crippen LogP contribution in [0.4, 0.5) is 4.79 Å². The lowest BCUT2D eigenvalue weighted by Crippen LogP contribution is -2.53. The van der Waals surface area contributed by atoms with E-state index < -0.39 is 24.3 Å². The van der Waals surface area contributed by atoms with Crippen LogP contribution in [0.1, 0.15) is 42.0 Å². The van der Waals surface area contributed by atoms with Crippen molar-refractivity contribution < 1.29 is 38.5 Å². The Morgan fingerprint density at radius 3 is 2.36 bits per heavy atom. The van der Waals surface area contributed by atoms with E-state index in [0.717, 1.165) is 27.6 Å². The van der Waals surface area contributed by atoms with E-state index in [4.69, 9.17) is 35.8 Å². The highest BCUT2D eigenvalue weighted by atomic mass is 35.5. The summed E-state index contributed by atoms with van der Waals surface area (Å²) in [6.07, 6.45) is 2.03. The lowest BCUT2D eigenvalue weighted by Gasteiger charge is -2.43. The number of rotatable bonds is 7. The number of aryl methyl sites for hydroxylation is 3. The predicted octanol–water partition coefficient (Wildman–Crippen LogP) is 5.72. The second kappa shape index (κ2) is 14.3. The van der Waals surface area contributed by atoms with E-state index >= 15 is 0 Å². The third kappa shape index (κ3) is 7.06. The maximum absolute atomic E-state index is 13.5. The zero-order valence-corrected chi connectivity index (χ0v) is 27.1. The van der Waals surface area contributed by atoms with Crippen LogP contribution in [0.3, 0.4) is 0 Å². The zero-order chi connectivity index (χ0) is 32.9. The van der Waals surface area contributed by atoms with Crippen molar-refractivity contribution in [1.82, 2.24) is 14.9 Å². The van der Waals surface area contributed by atoms with Gasteiger partial charge in [-0.2, -0.15) is 5.06 Å². The van der Waals surface area contributed by atoms with Gasteiger partial charge < -0.3 is 29.1 Å². The molecule has 1 N–H and O–H groups in total. The fourth-order valence-electron chi connectivity index (χ4n) is 5.98. The van der Waals surface area contributed by atoms with Gasteiger partial charge in [0.1, 0.15) is 16.8 Å². The van der Waals surface area contributed by atoms with Crippen LogP contribution in [0.25, 0.3) is 16.5 Å². The fraction of sp³-hybridized carbons (Fsp3) is 0.394. The zero-order valence-electron chi connectivity index (χ0n) is 26.3. The number of amides is 1. The molecular weight excluding hydrogens is 602 g/mol. The molecule has 1 saturated heterocycles. The summed E-state index contributed by atoms with van der Waals surface area (Å²) in [5.74, 6) is -0.346. The molecule has 3 aromatic rings. The Morgan fingerprint density at radius 1 is 1.09 bits per heavy atom. The highest BCUT2D eigenvalue weighted by Gasteiger charge is 2.54. The van der Waals surface area contributed by atoms with E-state index in [1.165, 1.54) is 0 Å². The van der Waals surface area contributed by atoms with E-state index in [9.17, 15) is 14.4 Å². The third-order valence-corrected chi connectivity index (χ3v) is 8.35. The molecule has 2 aromatic carbocycles. The van der Waals surface area contributed by atoms with Crippen LogP contribution in [0, 0.1) is 20.8 Å². The normalized spacial score (nSPS) is 16.1. The van der Waals surface area contributed by atoms with Gasteiger partial charge in [0.15, 0.2) is 12.4 Å². The molecule has 0 saturated carbocycles. The molecule has 12 heteroatoms. The van der Waals surface area contributed by atoms with E-state index in [1.54, 1.807) is 56.4 Å². The fourth-order valence-corrected chi connectivity index (χ4v) is 6.20. The van der Waals surface area contributed by atoms with Crippen molar-refractivity contribution in [3.05, 3.63) is 75.6 Å². The van der Waals surface area contributed by atoms with Crippen LogP contribution in [0.2, 0.25) is 5.02 Å². The van der Waals surface area contributed by atoms with Crippen molar-refractivity contribution in [3.63, 3.8) is 0 Å². The summed E-state index contributed by atoms with van der Waals surface area (Å²) in [5, 5.41) is 11.7. The second-order valence-electron chi connectivity index (χ2n) is 10.9. The number of carboxylic acids is 1. The Morgan fingerprint density at radius 2 is 1.76 bits per heavy atom. The Balaban J connectivity index is 0.000000242. The number of benzene rings is 2. The summed E-state index contributed by atoms with van der Waals surface area (Å²) in [6.45, 7) is 8.78. The van der Waals surface area contributed by atoms with Gasteiger partial charge in [0.05, 0.1) is 24.3 Å². The largest absolute Gasteiger partial charge is 0.513 e. The van der Waals surface area contributed by atoms with Crippen LogP contribution >= 0.6 is 11.6 Å². The number of likely N-dealkylation sites (N-methyl/N-ethyl adjacent to an activating group) is 1. The Labute approximate surface area is 267 Å². The molecule has 0 unspecified atom stereocenters. The van der Waals surface area contributed by atoms with Gasteiger partial charge in [-0.25, -0.2) is 9.59 Å². The summed E-state index contributed by atoms with van der Waals surface area (Å²) in [7, 11) is 3.42. The number of hydrogen-bond donors (Lipinski definition) is 1. The summed E-state index contributed by atoms with van der Waals surface area (Å²) in [5.41, 5.74) is 4.25. The van der Waals surface area contributed by atoms with Crippen molar-refractivity contribution in [3.8, 4) is 5.75 Å². The number of carbonyl (C=O) groups excluding carboxylic acids is 2. The first kappa shape index (κ1) is 33.7. The van der Waals surface area contributed by atoms with Gasteiger partial charge >= 0.3 is 12.1 Å². The maximum Gasteiger partial charge on any atom is 0.513 e. The molecule has 45 heavy (non-hydrogen) atoms. The van der Waals surface area contributed by atoms with Gasteiger partial charge in [0.2, 0.25) is 0 Å². The molecule has 0 atom stereocenters. The number of nitrogens with zero attached hydrogens (tertiary/aromatic N) is 3. The molecule has 0 bridgehead atoms. The molecule has 5 rings (SSSR count). The quantitative estimate of drug-likeness (QED) is 0.321. The number of aromatic nitrogens is 1. The van der Waals surface area contributed by atoms with Crippen LogP contribution < -0.4 is 4.74 Å². The molecule has 1 fully saturated rings. The van der Waals surface area contributed by atoms with Crippen molar-refractivity contribution in [2.75, 3.05) is 40.5 Å². The van der Waals surface area contributed by atoms with Crippen LogP contribution in [-0.4, -0.2) is 84.1 Å². The van der Waals surface area contributed by atoms with Gasteiger partial charge in [-0.1, -0.05) is 29.3 Å². The summed E-state index contributed by atoms with van der Waals surface area (Å²) < 4.78 is 15.9. The first-order chi connectivity index (χ1) is 21.4. The first-order valence-electron chi connectivity index (χ1n) is 14.6. The molecular formula is C33H38ClN3O8.